The van der Waals surface area contributed by atoms with Crippen molar-refractivity contribution in [1.29, 1.82) is 0 Å². The Balaban J connectivity index is 1.46. The highest BCUT2D eigenvalue weighted by Crippen LogP contribution is 2.39. The number of benzene rings is 2. The molecule has 0 radical (unpaired) electrons. The van der Waals surface area contributed by atoms with Crippen molar-refractivity contribution in [2.75, 3.05) is 11.9 Å². The number of hydrogen-bond acceptors (Lipinski definition) is 6. The van der Waals surface area contributed by atoms with Gasteiger partial charge in [0.2, 0.25) is 0 Å². The second-order valence-electron chi connectivity index (χ2n) is 8.52. The van der Waals surface area contributed by atoms with Gasteiger partial charge in [-0.3, -0.25) is 14.4 Å². The monoisotopic (exact) mass is 479 g/mol. The molecule has 11 heteroatoms. The maximum Gasteiger partial charge on any atom is 0.416 e. The largest absolute Gasteiger partial charge is 0.416 e. The maximum absolute atomic E-state index is 14.7. The van der Waals surface area contributed by atoms with Gasteiger partial charge in [-0.25, -0.2) is 4.39 Å². The number of aromatic nitrogens is 6. The van der Waals surface area contributed by atoms with Crippen LogP contribution in [0.5, 0.6) is 0 Å². The van der Waals surface area contributed by atoms with E-state index in [9.17, 15) is 17.6 Å². The van der Waals surface area contributed by atoms with Gasteiger partial charge in [-0.05, 0) is 49.2 Å². The summed E-state index contributed by atoms with van der Waals surface area (Å²) in [4.78, 5) is 15.0. The third kappa shape index (κ3) is 3.82. The van der Waals surface area contributed by atoms with E-state index in [0.717, 1.165) is 30.7 Å². The first kappa shape index (κ1) is 21.4. The summed E-state index contributed by atoms with van der Waals surface area (Å²) in [6, 6.07) is 7.78. The molecule has 0 saturated heterocycles. The number of alkyl halides is 3. The Labute approximate surface area is 196 Å². The van der Waals surface area contributed by atoms with Crippen LogP contribution in [0.25, 0.3) is 27.9 Å². The molecule has 0 unspecified atom stereocenters. The summed E-state index contributed by atoms with van der Waals surface area (Å²) < 4.78 is 56.2. The second kappa shape index (κ2) is 7.69. The van der Waals surface area contributed by atoms with Crippen LogP contribution < -0.4 is 4.90 Å². The van der Waals surface area contributed by atoms with E-state index in [2.05, 4.69) is 25.1 Å². The van der Waals surface area contributed by atoms with E-state index >= 15 is 0 Å². The van der Waals surface area contributed by atoms with Gasteiger partial charge in [0.15, 0.2) is 0 Å². The van der Waals surface area contributed by atoms with Gasteiger partial charge in [0.25, 0.3) is 5.78 Å². The van der Waals surface area contributed by atoms with Crippen molar-refractivity contribution in [2.45, 2.75) is 24.9 Å². The number of hydrogen-bond donors (Lipinski definition) is 0. The zero-order valence-corrected chi connectivity index (χ0v) is 18.3. The number of halogens is 4. The van der Waals surface area contributed by atoms with E-state index in [1.54, 1.807) is 30.4 Å². The first-order valence-corrected chi connectivity index (χ1v) is 10.9. The van der Waals surface area contributed by atoms with Gasteiger partial charge >= 0.3 is 6.18 Å². The predicted molar refractivity (Wildman–Crippen MR) is 121 cm³/mol. The lowest BCUT2D eigenvalue weighted by molar-refractivity contribution is -0.137. The Morgan fingerprint density at radius 2 is 1.86 bits per heavy atom. The van der Waals surface area contributed by atoms with Gasteiger partial charge in [-0.15, -0.1) is 10.2 Å². The first-order chi connectivity index (χ1) is 16.8. The van der Waals surface area contributed by atoms with Crippen molar-refractivity contribution in [1.82, 2.24) is 29.5 Å². The highest BCUT2D eigenvalue weighted by Gasteiger charge is 2.31. The molecule has 5 aromatic rings. The Morgan fingerprint density at radius 1 is 1.03 bits per heavy atom. The second-order valence-corrected chi connectivity index (χ2v) is 8.52. The molecule has 0 aliphatic heterocycles. The summed E-state index contributed by atoms with van der Waals surface area (Å²) in [5.74, 6) is 0.387. The highest BCUT2D eigenvalue weighted by molar-refractivity contribution is 5.94. The van der Waals surface area contributed by atoms with Crippen molar-refractivity contribution in [3.05, 3.63) is 72.2 Å². The minimum absolute atomic E-state index is 0.122. The summed E-state index contributed by atoms with van der Waals surface area (Å²) in [5, 5.41) is 8.12. The molecule has 3 heterocycles. The standard InChI is InChI=1S/C24H17F4N7/c1-34(17-7-14(6-16(25)9-17)20-11-29-19(10-30-20)13-2-3-13)22-18-5-4-15(24(26,27)28)8-21(18)35-12-31-33-23(35)32-22/h4-13H,2-3H2,1H3. The van der Waals surface area contributed by atoms with Crippen molar-refractivity contribution in [3.8, 4) is 11.3 Å². The number of fused-ring (bicyclic) bond motifs is 3. The van der Waals surface area contributed by atoms with Gasteiger partial charge in [0.05, 0.1) is 28.7 Å². The number of nitrogens with zero attached hydrogens (tertiary/aromatic N) is 7. The Kier molecular flexibility index (Phi) is 4.70. The molecule has 1 aliphatic carbocycles. The maximum atomic E-state index is 14.7. The molecule has 0 spiro atoms. The molecule has 2 aromatic carbocycles. The molecule has 0 N–H and O–H groups in total. The van der Waals surface area contributed by atoms with Gasteiger partial charge in [-0.1, -0.05) is 0 Å². The summed E-state index contributed by atoms with van der Waals surface area (Å²) in [6.45, 7) is 0. The molecule has 0 amide bonds. The number of rotatable bonds is 4. The van der Waals surface area contributed by atoms with Crippen LogP contribution in [0.1, 0.15) is 30.0 Å². The van der Waals surface area contributed by atoms with Crippen LogP contribution in [-0.4, -0.2) is 36.6 Å². The average Bonchev–Trinajstić information content (AvgIpc) is 3.58. The molecule has 35 heavy (non-hydrogen) atoms. The fourth-order valence-electron chi connectivity index (χ4n) is 4.10. The van der Waals surface area contributed by atoms with Crippen LogP contribution in [-0.2, 0) is 6.18 Å². The van der Waals surface area contributed by atoms with E-state index < -0.39 is 17.6 Å². The van der Waals surface area contributed by atoms with Crippen molar-refractivity contribution >= 4 is 28.2 Å². The van der Waals surface area contributed by atoms with Crippen LogP contribution in [0.15, 0.2) is 55.1 Å². The Bertz CT molecular complexity index is 1570. The smallest absolute Gasteiger partial charge is 0.329 e. The van der Waals surface area contributed by atoms with Crippen molar-refractivity contribution in [3.63, 3.8) is 0 Å². The van der Waals surface area contributed by atoms with Crippen molar-refractivity contribution < 1.29 is 17.6 Å². The minimum atomic E-state index is -4.52. The molecule has 0 atom stereocenters. The molecule has 6 rings (SSSR count). The van der Waals surface area contributed by atoms with E-state index in [-0.39, 0.29) is 11.3 Å². The summed E-state index contributed by atoms with van der Waals surface area (Å²) in [5.41, 5.74) is 1.83. The van der Waals surface area contributed by atoms with Gasteiger partial charge < -0.3 is 4.90 Å². The number of anilines is 2. The lowest BCUT2D eigenvalue weighted by Gasteiger charge is -2.21. The van der Waals surface area contributed by atoms with E-state index in [1.165, 1.54) is 28.9 Å². The third-order valence-corrected chi connectivity index (χ3v) is 6.11. The van der Waals surface area contributed by atoms with Crippen LogP contribution in [0.2, 0.25) is 0 Å². The van der Waals surface area contributed by atoms with Crippen LogP contribution >= 0.6 is 0 Å². The first-order valence-electron chi connectivity index (χ1n) is 10.9. The topological polar surface area (TPSA) is 72.1 Å². The Morgan fingerprint density at radius 3 is 2.57 bits per heavy atom. The summed E-state index contributed by atoms with van der Waals surface area (Å²) in [6.07, 6.45) is 2.33. The summed E-state index contributed by atoms with van der Waals surface area (Å²) in [7, 11) is 1.66. The molecule has 1 aliphatic rings. The molecular formula is C24H17F4N7. The molecule has 1 saturated carbocycles. The molecule has 7 nitrogen and oxygen atoms in total. The van der Waals surface area contributed by atoms with Gasteiger partial charge in [-0.2, -0.15) is 18.2 Å². The molecule has 0 bridgehead atoms. The zero-order valence-electron chi connectivity index (χ0n) is 18.3. The quantitative estimate of drug-likeness (QED) is 0.315. The van der Waals surface area contributed by atoms with E-state index in [0.29, 0.717) is 34.1 Å². The fourth-order valence-corrected chi connectivity index (χ4v) is 4.10. The molecule has 1 fully saturated rings. The van der Waals surface area contributed by atoms with Gasteiger partial charge in [0, 0.05) is 35.8 Å². The minimum Gasteiger partial charge on any atom is -0.329 e. The molecule has 176 valence electrons. The SMILES string of the molecule is CN(c1cc(F)cc(-c2cnc(C3CC3)cn2)c1)c1nc2nncn2c2cc(C(F)(F)F)ccc12. The average molecular weight is 479 g/mol. The normalized spacial score (nSPS) is 14.1. The fraction of sp³-hybridized carbons (Fsp3) is 0.208. The lowest BCUT2D eigenvalue weighted by atomic mass is 10.1. The predicted octanol–water partition coefficient (Wildman–Crippen LogP) is 5.54. The Hall–Kier alpha value is -4.15. The van der Waals surface area contributed by atoms with Crippen LogP contribution in [0.3, 0.4) is 0 Å². The van der Waals surface area contributed by atoms with E-state index in [4.69, 9.17) is 0 Å². The molecule has 3 aromatic heterocycles. The lowest BCUT2D eigenvalue weighted by Crippen LogP contribution is -2.14. The van der Waals surface area contributed by atoms with Crippen LogP contribution in [0, 0.1) is 5.82 Å². The zero-order chi connectivity index (χ0) is 24.3. The highest BCUT2D eigenvalue weighted by atomic mass is 19.4. The molecular weight excluding hydrogens is 462 g/mol. The van der Waals surface area contributed by atoms with Gasteiger partial charge in [0.1, 0.15) is 18.0 Å². The summed E-state index contributed by atoms with van der Waals surface area (Å²) >= 11 is 0. The van der Waals surface area contributed by atoms with E-state index in [1.807, 2.05) is 0 Å². The van der Waals surface area contributed by atoms with Crippen molar-refractivity contribution in [2.24, 2.45) is 0 Å². The third-order valence-electron chi connectivity index (χ3n) is 6.11. The van der Waals surface area contributed by atoms with Crippen LogP contribution in [0.4, 0.5) is 29.1 Å².